The Bertz CT molecular complexity index is 323. The van der Waals surface area contributed by atoms with E-state index in [0.29, 0.717) is 30.1 Å². The first kappa shape index (κ1) is 11.2. The zero-order valence-corrected chi connectivity index (χ0v) is 8.79. The van der Waals surface area contributed by atoms with E-state index >= 15 is 0 Å². The molecule has 1 aromatic rings. The lowest BCUT2D eigenvalue weighted by Gasteiger charge is -2.03. The fourth-order valence-corrected chi connectivity index (χ4v) is 1.48. The minimum atomic E-state index is -0.0663. The molecule has 0 aliphatic rings. The Morgan fingerprint density at radius 3 is 3.00 bits per heavy atom. The largest absolute Gasteiger partial charge is 0.396 e. The predicted octanol–water partition coefficient (Wildman–Crippen LogP) is 1.51. The normalized spacial score (nSPS) is 10.5. The minimum absolute atomic E-state index is 0.0175. The van der Waals surface area contributed by atoms with E-state index in [0.717, 1.165) is 0 Å². The summed E-state index contributed by atoms with van der Waals surface area (Å²) < 4.78 is 1.57. The fourth-order valence-electron chi connectivity index (χ4n) is 1.24. The molecule has 0 bridgehead atoms. The van der Waals surface area contributed by atoms with Crippen molar-refractivity contribution in [1.29, 1.82) is 0 Å². The van der Waals surface area contributed by atoms with Gasteiger partial charge in [-0.15, -0.1) is 0 Å². The monoisotopic (exact) mass is 216 g/mol. The van der Waals surface area contributed by atoms with Crippen LogP contribution < -0.4 is 0 Å². The molecule has 5 heteroatoms. The van der Waals surface area contributed by atoms with Gasteiger partial charge in [-0.1, -0.05) is 11.6 Å². The Labute approximate surface area is 87.5 Å². The lowest BCUT2D eigenvalue weighted by molar-refractivity contribution is 0.0961. The fraction of sp³-hybridized carbons (Fsp3) is 0.556. The molecule has 0 saturated carbocycles. The summed E-state index contributed by atoms with van der Waals surface area (Å²) >= 11 is 5.83. The van der Waals surface area contributed by atoms with Crippen molar-refractivity contribution in [2.45, 2.75) is 26.3 Å². The lowest BCUT2D eigenvalue weighted by atomic mass is 10.2. The van der Waals surface area contributed by atoms with Gasteiger partial charge in [-0.3, -0.25) is 9.48 Å². The van der Waals surface area contributed by atoms with Crippen molar-refractivity contribution in [3.05, 3.63) is 16.9 Å². The topological polar surface area (TPSA) is 55.1 Å². The standard InChI is InChI=1S/C9H13ClN2O2/c1-2-12-9(7(10)6-11-12)8(14)4-3-5-13/h6,13H,2-5H2,1H3. The molecule has 4 nitrogen and oxygen atoms in total. The van der Waals surface area contributed by atoms with Crippen LogP contribution in [0, 0.1) is 0 Å². The maximum absolute atomic E-state index is 11.6. The van der Waals surface area contributed by atoms with Gasteiger partial charge in [-0.25, -0.2) is 0 Å². The van der Waals surface area contributed by atoms with Crippen LogP contribution in [0.2, 0.25) is 5.02 Å². The molecule has 0 unspecified atom stereocenters. The predicted molar refractivity (Wildman–Crippen MR) is 53.6 cm³/mol. The number of hydrogen-bond donors (Lipinski definition) is 1. The first-order valence-corrected chi connectivity index (χ1v) is 4.93. The highest BCUT2D eigenvalue weighted by Gasteiger charge is 2.15. The molecule has 0 fully saturated rings. The summed E-state index contributed by atoms with van der Waals surface area (Å²) in [4.78, 5) is 11.6. The van der Waals surface area contributed by atoms with E-state index in [1.54, 1.807) is 4.68 Å². The van der Waals surface area contributed by atoms with E-state index in [4.69, 9.17) is 16.7 Å². The van der Waals surface area contributed by atoms with E-state index in [1.165, 1.54) is 6.20 Å². The number of aliphatic hydroxyl groups excluding tert-OH is 1. The first-order chi connectivity index (χ1) is 6.70. The van der Waals surface area contributed by atoms with Crippen LogP contribution in [-0.4, -0.2) is 27.3 Å². The molecule has 14 heavy (non-hydrogen) atoms. The average Bonchev–Trinajstić information content (AvgIpc) is 2.56. The summed E-state index contributed by atoms with van der Waals surface area (Å²) in [6, 6.07) is 0. The van der Waals surface area contributed by atoms with Gasteiger partial charge < -0.3 is 5.11 Å². The third-order valence-electron chi connectivity index (χ3n) is 1.92. The number of Topliss-reactive ketones (excluding diaryl/α,β-unsaturated/α-hetero) is 1. The highest BCUT2D eigenvalue weighted by Crippen LogP contribution is 2.17. The van der Waals surface area contributed by atoms with Crippen LogP contribution in [-0.2, 0) is 6.54 Å². The van der Waals surface area contributed by atoms with Crippen LogP contribution >= 0.6 is 11.6 Å². The van der Waals surface area contributed by atoms with Gasteiger partial charge in [0.15, 0.2) is 5.78 Å². The lowest BCUT2D eigenvalue weighted by Crippen LogP contribution is -2.10. The second-order valence-corrected chi connectivity index (χ2v) is 3.31. The van der Waals surface area contributed by atoms with Gasteiger partial charge >= 0.3 is 0 Å². The quantitative estimate of drug-likeness (QED) is 0.760. The summed E-state index contributed by atoms with van der Waals surface area (Å²) in [5.41, 5.74) is 0.447. The smallest absolute Gasteiger partial charge is 0.182 e. The second kappa shape index (κ2) is 5.12. The molecule has 1 heterocycles. The van der Waals surface area contributed by atoms with Crippen molar-refractivity contribution < 1.29 is 9.90 Å². The zero-order valence-electron chi connectivity index (χ0n) is 8.03. The SMILES string of the molecule is CCn1ncc(Cl)c1C(=O)CCCO. The molecular weight excluding hydrogens is 204 g/mol. The van der Waals surface area contributed by atoms with E-state index < -0.39 is 0 Å². The highest BCUT2D eigenvalue weighted by molar-refractivity contribution is 6.33. The van der Waals surface area contributed by atoms with Gasteiger partial charge in [0.25, 0.3) is 0 Å². The number of carbonyl (C=O) groups is 1. The number of nitrogens with zero attached hydrogens (tertiary/aromatic N) is 2. The van der Waals surface area contributed by atoms with Crippen LogP contribution in [0.5, 0.6) is 0 Å². The van der Waals surface area contributed by atoms with Crippen LogP contribution in [0.1, 0.15) is 30.3 Å². The minimum Gasteiger partial charge on any atom is -0.396 e. The van der Waals surface area contributed by atoms with Crippen LogP contribution in [0.15, 0.2) is 6.20 Å². The van der Waals surface area contributed by atoms with Crippen molar-refractivity contribution in [2.24, 2.45) is 0 Å². The first-order valence-electron chi connectivity index (χ1n) is 4.56. The summed E-state index contributed by atoms with van der Waals surface area (Å²) in [5.74, 6) is -0.0663. The molecule has 0 aliphatic heterocycles. The molecule has 0 amide bonds. The molecule has 1 N–H and O–H groups in total. The molecule has 0 spiro atoms. The van der Waals surface area contributed by atoms with E-state index in [-0.39, 0.29) is 12.4 Å². The van der Waals surface area contributed by atoms with Gasteiger partial charge in [-0.05, 0) is 13.3 Å². The van der Waals surface area contributed by atoms with E-state index in [1.807, 2.05) is 6.92 Å². The molecule has 0 aliphatic carbocycles. The van der Waals surface area contributed by atoms with E-state index in [2.05, 4.69) is 5.10 Å². The number of aromatic nitrogens is 2. The van der Waals surface area contributed by atoms with Gasteiger partial charge in [-0.2, -0.15) is 5.10 Å². The van der Waals surface area contributed by atoms with Crippen LogP contribution in [0.4, 0.5) is 0 Å². The zero-order chi connectivity index (χ0) is 10.6. The van der Waals surface area contributed by atoms with E-state index in [9.17, 15) is 4.79 Å². The third-order valence-corrected chi connectivity index (χ3v) is 2.20. The Hall–Kier alpha value is -0.870. The van der Waals surface area contributed by atoms with Crippen molar-refractivity contribution in [3.63, 3.8) is 0 Å². The molecule has 0 atom stereocenters. The number of aliphatic hydroxyl groups is 1. The van der Waals surface area contributed by atoms with Gasteiger partial charge in [0, 0.05) is 19.6 Å². The Morgan fingerprint density at radius 1 is 1.71 bits per heavy atom. The molecule has 0 saturated heterocycles. The van der Waals surface area contributed by atoms with Crippen molar-refractivity contribution >= 4 is 17.4 Å². The number of hydrogen-bond acceptors (Lipinski definition) is 3. The summed E-state index contributed by atoms with van der Waals surface area (Å²) in [5, 5.41) is 12.9. The Balaban J connectivity index is 2.82. The molecule has 1 rings (SSSR count). The molecule has 1 aromatic heterocycles. The third kappa shape index (κ3) is 2.33. The number of carbonyl (C=O) groups excluding carboxylic acids is 1. The second-order valence-electron chi connectivity index (χ2n) is 2.91. The number of halogens is 1. The Kier molecular flexibility index (Phi) is 4.10. The number of aryl methyl sites for hydroxylation is 1. The van der Waals surface area contributed by atoms with Gasteiger partial charge in [0.1, 0.15) is 5.69 Å². The van der Waals surface area contributed by atoms with Gasteiger partial charge in [0.2, 0.25) is 0 Å². The van der Waals surface area contributed by atoms with Gasteiger partial charge in [0.05, 0.1) is 11.2 Å². The van der Waals surface area contributed by atoms with Crippen molar-refractivity contribution in [1.82, 2.24) is 9.78 Å². The van der Waals surface area contributed by atoms with Crippen LogP contribution in [0.25, 0.3) is 0 Å². The summed E-state index contributed by atoms with van der Waals surface area (Å²) in [6.45, 7) is 2.53. The Morgan fingerprint density at radius 2 is 2.43 bits per heavy atom. The van der Waals surface area contributed by atoms with Crippen molar-refractivity contribution in [3.8, 4) is 0 Å². The molecule has 0 radical (unpaired) electrons. The highest BCUT2D eigenvalue weighted by atomic mass is 35.5. The van der Waals surface area contributed by atoms with Crippen LogP contribution in [0.3, 0.4) is 0 Å². The maximum atomic E-state index is 11.6. The summed E-state index contributed by atoms with van der Waals surface area (Å²) in [6.07, 6.45) is 2.24. The molecular formula is C9H13ClN2O2. The summed E-state index contributed by atoms with van der Waals surface area (Å²) in [7, 11) is 0. The molecule has 78 valence electrons. The number of ketones is 1. The van der Waals surface area contributed by atoms with Crippen molar-refractivity contribution in [2.75, 3.05) is 6.61 Å². The average molecular weight is 217 g/mol. The number of rotatable bonds is 5. The molecule has 0 aromatic carbocycles. The maximum Gasteiger partial charge on any atom is 0.182 e.